The molecule has 0 atom stereocenters. The first kappa shape index (κ1) is 13.1. The number of halogens is 2. The Morgan fingerprint density at radius 1 is 1.25 bits per heavy atom. The van der Waals surface area contributed by atoms with E-state index in [4.69, 9.17) is 0 Å². The van der Waals surface area contributed by atoms with Crippen LogP contribution in [0.3, 0.4) is 0 Å². The molecule has 1 aliphatic carbocycles. The number of fused-ring (bicyclic) bond motifs is 2. The molecular weight excluding hydrogens is 262 g/mol. The summed E-state index contributed by atoms with van der Waals surface area (Å²) in [6.45, 7) is -2.84. The normalized spacial score (nSPS) is 14.4. The van der Waals surface area contributed by atoms with E-state index >= 15 is 0 Å². The number of aryl methyl sites for hydroxylation is 1. The lowest BCUT2D eigenvalue weighted by molar-refractivity contribution is -0.0489. The minimum atomic E-state index is -2.84. The highest BCUT2D eigenvalue weighted by Crippen LogP contribution is 2.36. The third-order valence-corrected chi connectivity index (χ3v) is 3.72. The minimum absolute atomic E-state index is 0.141. The number of rotatable bonds is 3. The van der Waals surface area contributed by atoms with E-state index in [-0.39, 0.29) is 5.75 Å². The number of para-hydroxylation sites is 1. The second-order valence-corrected chi connectivity index (χ2v) is 4.90. The summed E-state index contributed by atoms with van der Waals surface area (Å²) in [5.41, 5.74) is 3.71. The lowest BCUT2D eigenvalue weighted by Crippen LogP contribution is -2.10. The largest absolute Gasteiger partial charge is 0.432 e. The summed E-state index contributed by atoms with van der Waals surface area (Å²) < 4.78 is 29.6. The highest BCUT2D eigenvalue weighted by Gasteiger charge is 2.20. The Morgan fingerprint density at radius 3 is 2.80 bits per heavy atom. The summed E-state index contributed by atoms with van der Waals surface area (Å²) in [5, 5.41) is 4.03. The zero-order valence-corrected chi connectivity index (χ0v) is 11.2. The Kier molecular flexibility index (Phi) is 3.42. The molecule has 0 spiro atoms. The molecule has 20 heavy (non-hydrogen) atoms. The Balaban J connectivity index is 2.25. The number of aromatic nitrogens is 1. The summed E-state index contributed by atoms with van der Waals surface area (Å²) in [6.07, 6.45) is 4.10. The van der Waals surface area contributed by atoms with Gasteiger partial charge in [-0.05, 0) is 37.3 Å². The third-order valence-electron chi connectivity index (χ3n) is 3.72. The molecule has 2 aromatic rings. The molecule has 0 amide bonds. The standard InChI is InChI=1S/C15H16F2N2O/c1-18-13-9-5-2-3-7-11(9)19-14-10(13)6-4-8-12(14)20-15(16)17/h4,6,8,15H,2-3,5,7H2,1H3,(H,18,19). The van der Waals surface area contributed by atoms with Crippen molar-refractivity contribution >= 4 is 16.6 Å². The van der Waals surface area contributed by atoms with Gasteiger partial charge in [-0.25, -0.2) is 4.98 Å². The Morgan fingerprint density at radius 2 is 2.05 bits per heavy atom. The van der Waals surface area contributed by atoms with Crippen LogP contribution in [0, 0.1) is 0 Å². The number of pyridine rings is 1. The average Bonchev–Trinajstić information content (AvgIpc) is 2.45. The van der Waals surface area contributed by atoms with Gasteiger partial charge in [-0.2, -0.15) is 8.78 Å². The second-order valence-electron chi connectivity index (χ2n) is 4.90. The average molecular weight is 278 g/mol. The summed E-state index contributed by atoms with van der Waals surface area (Å²) >= 11 is 0. The van der Waals surface area contributed by atoms with Gasteiger partial charge < -0.3 is 10.1 Å². The zero-order valence-electron chi connectivity index (χ0n) is 11.2. The first-order valence-corrected chi connectivity index (χ1v) is 6.77. The molecule has 0 unspecified atom stereocenters. The molecule has 0 saturated carbocycles. The highest BCUT2D eigenvalue weighted by atomic mass is 19.3. The third kappa shape index (κ3) is 2.17. The Bertz CT molecular complexity index is 643. The minimum Gasteiger partial charge on any atom is -0.432 e. The van der Waals surface area contributed by atoms with Gasteiger partial charge in [-0.1, -0.05) is 12.1 Å². The van der Waals surface area contributed by atoms with Crippen LogP contribution in [0.1, 0.15) is 24.1 Å². The maximum atomic E-state index is 12.5. The van der Waals surface area contributed by atoms with Crippen LogP contribution < -0.4 is 10.1 Å². The van der Waals surface area contributed by atoms with Gasteiger partial charge in [0.2, 0.25) is 0 Å². The molecule has 5 heteroatoms. The topological polar surface area (TPSA) is 34.2 Å². The van der Waals surface area contributed by atoms with E-state index < -0.39 is 6.61 Å². The van der Waals surface area contributed by atoms with Crippen molar-refractivity contribution in [2.75, 3.05) is 12.4 Å². The summed E-state index contributed by atoms with van der Waals surface area (Å²) in [6, 6.07) is 5.15. The van der Waals surface area contributed by atoms with Gasteiger partial charge in [0, 0.05) is 23.8 Å². The van der Waals surface area contributed by atoms with Gasteiger partial charge >= 0.3 is 6.61 Å². The van der Waals surface area contributed by atoms with Crippen molar-refractivity contribution < 1.29 is 13.5 Å². The molecule has 1 aromatic carbocycles. The van der Waals surface area contributed by atoms with Crippen LogP contribution in [-0.4, -0.2) is 18.6 Å². The van der Waals surface area contributed by atoms with Gasteiger partial charge in [0.05, 0.1) is 0 Å². The van der Waals surface area contributed by atoms with Gasteiger partial charge in [0.1, 0.15) is 5.52 Å². The number of nitrogens with zero attached hydrogens (tertiary/aromatic N) is 1. The van der Waals surface area contributed by atoms with Gasteiger partial charge in [-0.3, -0.25) is 0 Å². The molecule has 106 valence electrons. The van der Waals surface area contributed by atoms with E-state index in [2.05, 4.69) is 15.0 Å². The van der Waals surface area contributed by atoms with Crippen molar-refractivity contribution in [1.29, 1.82) is 0 Å². The molecule has 0 fully saturated rings. The van der Waals surface area contributed by atoms with Crippen molar-refractivity contribution in [3.63, 3.8) is 0 Å². The summed E-state index contributed by atoms with van der Waals surface area (Å²) in [4.78, 5) is 4.58. The molecule has 3 nitrogen and oxygen atoms in total. The molecular formula is C15H16F2N2O. The number of ether oxygens (including phenoxy) is 1. The van der Waals surface area contributed by atoms with Crippen molar-refractivity contribution in [3.05, 3.63) is 29.5 Å². The number of alkyl halides is 2. The Hall–Kier alpha value is -1.91. The molecule has 1 heterocycles. The first-order valence-electron chi connectivity index (χ1n) is 6.77. The van der Waals surface area contributed by atoms with Crippen molar-refractivity contribution in [2.24, 2.45) is 0 Å². The molecule has 0 radical (unpaired) electrons. The van der Waals surface area contributed by atoms with Crippen LogP contribution in [0.2, 0.25) is 0 Å². The maximum absolute atomic E-state index is 12.5. The summed E-state index contributed by atoms with van der Waals surface area (Å²) in [7, 11) is 1.85. The van der Waals surface area contributed by atoms with Crippen LogP contribution in [0.5, 0.6) is 5.75 Å². The number of anilines is 1. The predicted molar refractivity (Wildman–Crippen MR) is 74.6 cm³/mol. The van der Waals surface area contributed by atoms with Crippen LogP contribution in [0.4, 0.5) is 14.5 Å². The second kappa shape index (κ2) is 5.23. The molecule has 1 N–H and O–H groups in total. The zero-order chi connectivity index (χ0) is 14.1. The fraction of sp³-hybridized carbons (Fsp3) is 0.400. The quantitative estimate of drug-likeness (QED) is 0.928. The molecule has 0 aliphatic heterocycles. The SMILES string of the molecule is CNc1c2c(nc3c(OC(F)F)cccc13)CCCC2. The Labute approximate surface area is 116 Å². The fourth-order valence-electron chi connectivity index (χ4n) is 2.90. The van der Waals surface area contributed by atoms with E-state index in [1.54, 1.807) is 6.07 Å². The smallest absolute Gasteiger partial charge is 0.387 e. The van der Waals surface area contributed by atoms with Gasteiger partial charge in [0.15, 0.2) is 5.75 Å². The molecule has 1 aliphatic rings. The van der Waals surface area contributed by atoms with Crippen molar-refractivity contribution in [1.82, 2.24) is 4.98 Å². The summed E-state index contributed by atoms with van der Waals surface area (Å²) in [5.74, 6) is 0.141. The van der Waals surface area contributed by atoms with Gasteiger partial charge in [0.25, 0.3) is 0 Å². The molecule has 1 aromatic heterocycles. The monoisotopic (exact) mass is 278 g/mol. The molecule has 0 bridgehead atoms. The van der Waals surface area contributed by atoms with Crippen molar-refractivity contribution in [2.45, 2.75) is 32.3 Å². The van der Waals surface area contributed by atoms with Crippen LogP contribution >= 0.6 is 0 Å². The van der Waals surface area contributed by atoms with Crippen LogP contribution in [0.25, 0.3) is 10.9 Å². The highest BCUT2D eigenvalue weighted by molar-refractivity contribution is 5.96. The molecule has 3 rings (SSSR count). The maximum Gasteiger partial charge on any atom is 0.387 e. The molecule has 0 saturated heterocycles. The van der Waals surface area contributed by atoms with E-state index in [1.807, 2.05) is 13.1 Å². The lowest BCUT2D eigenvalue weighted by atomic mass is 9.92. The number of nitrogens with one attached hydrogen (secondary N) is 1. The van der Waals surface area contributed by atoms with Crippen LogP contribution in [-0.2, 0) is 12.8 Å². The van der Waals surface area contributed by atoms with Crippen molar-refractivity contribution in [3.8, 4) is 5.75 Å². The predicted octanol–water partition coefficient (Wildman–Crippen LogP) is 3.76. The number of benzene rings is 1. The van der Waals surface area contributed by atoms with E-state index in [0.29, 0.717) is 5.52 Å². The van der Waals surface area contributed by atoms with E-state index in [9.17, 15) is 8.78 Å². The van der Waals surface area contributed by atoms with E-state index in [0.717, 1.165) is 42.5 Å². The lowest BCUT2D eigenvalue weighted by Gasteiger charge is -2.21. The van der Waals surface area contributed by atoms with Crippen LogP contribution in [0.15, 0.2) is 18.2 Å². The number of hydrogen-bond acceptors (Lipinski definition) is 3. The first-order chi connectivity index (χ1) is 9.70. The number of hydrogen-bond donors (Lipinski definition) is 1. The fourth-order valence-corrected chi connectivity index (χ4v) is 2.90. The van der Waals surface area contributed by atoms with Gasteiger partial charge in [-0.15, -0.1) is 0 Å². The van der Waals surface area contributed by atoms with E-state index in [1.165, 1.54) is 11.6 Å².